The molecular weight excluding hydrogens is 384 g/mol. The molecule has 2 N–H and O–H groups in total. The van der Waals surface area contributed by atoms with Crippen LogP contribution >= 0.6 is 0 Å². The first kappa shape index (κ1) is 22.1. The van der Waals surface area contributed by atoms with Crippen molar-refractivity contribution in [1.29, 1.82) is 0 Å². The highest BCUT2D eigenvalue weighted by Gasteiger charge is 2.51. The summed E-state index contributed by atoms with van der Waals surface area (Å²) in [7, 11) is 2.10. The highest BCUT2D eigenvalue weighted by atomic mass is 16.5. The number of hydrogen-bond acceptors (Lipinski definition) is 4. The van der Waals surface area contributed by atoms with Gasteiger partial charge in [0.05, 0.1) is 0 Å². The fourth-order valence-electron chi connectivity index (χ4n) is 6.09. The molecule has 0 fully saturated rings. The summed E-state index contributed by atoms with van der Waals surface area (Å²) in [4.78, 5) is 16.1. The van der Waals surface area contributed by atoms with Gasteiger partial charge in [-0.1, -0.05) is 51.0 Å². The van der Waals surface area contributed by atoms with Gasteiger partial charge in [0.1, 0.15) is 12.4 Å². The smallest absolute Gasteiger partial charge is 0.166 e. The van der Waals surface area contributed by atoms with Crippen LogP contribution in [-0.2, 0) is 9.53 Å². The van der Waals surface area contributed by atoms with Crippen molar-refractivity contribution in [3.63, 3.8) is 0 Å². The van der Waals surface area contributed by atoms with Crippen LogP contribution in [-0.4, -0.2) is 37.4 Å². The monoisotopic (exact) mass is 422 g/mol. The van der Waals surface area contributed by atoms with Crippen LogP contribution in [0.15, 0.2) is 58.6 Å². The lowest BCUT2D eigenvalue weighted by Crippen LogP contribution is -2.44. The minimum atomic E-state index is -0.103. The molecule has 0 heterocycles. The molecule has 0 aromatic heterocycles. The molecule has 0 aromatic carbocycles. The van der Waals surface area contributed by atoms with Crippen molar-refractivity contribution in [3.05, 3.63) is 58.6 Å². The van der Waals surface area contributed by atoms with Gasteiger partial charge in [-0.25, -0.2) is 0 Å². The van der Waals surface area contributed by atoms with E-state index < -0.39 is 0 Å². The minimum Gasteiger partial charge on any atom is -0.493 e. The van der Waals surface area contributed by atoms with Crippen LogP contribution in [0.5, 0.6) is 0 Å². The molecule has 4 unspecified atom stereocenters. The summed E-state index contributed by atoms with van der Waals surface area (Å²) in [6.45, 7) is 11.7. The maximum atomic E-state index is 13.9. The fraction of sp³-hybridized carbons (Fsp3) is 0.593. The van der Waals surface area contributed by atoms with Gasteiger partial charge in [0.15, 0.2) is 5.78 Å². The molecular formula is C27H38N2O2. The molecule has 31 heavy (non-hydrogen) atoms. The maximum Gasteiger partial charge on any atom is 0.166 e. The van der Waals surface area contributed by atoms with Crippen LogP contribution in [0.2, 0.25) is 0 Å². The fourth-order valence-corrected chi connectivity index (χ4v) is 6.09. The summed E-state index contributed by atoms with van der Waals surface area (Å²) in [6, 6.07) is 0. The first-order chi connectivity index (χ1) is 14.7. The van der Waals surface area contributed by atoms with E-state index in [1.165, 1.54) is 11.1 Å². The van der Waals surface area contributed by atoms with E-state index in [-0.39, 0.29) is 23.2 Å². The number of rotatable bonds is 5. The van der Waals surface area contributed by atoms with E-state index in [0.29, 0.717) is 18.3 Å². The number of likely N-dealkylation sites (N-methyl/N-ethyl adjacent to an activating group) is 1. The van der Waals surface area contributed by atoms with Gasteiger partial charge in [-0.05, 0) is 62.4 Å². The second-order valence-electron chi connectivity index (χ2n) is 10.3. The summed E-state index contributed by atoms with van der Waals surface area (Å²) in [5.74, 6) is 1.85. The third-order valence-corrected chi connectivity index (χ3v) is 7.96. The van der Waals surface area contributed by atoms with Gasteiger partial charge >= 0.3 is 0 Å². The zero-order chi connectivity index (χ0) is 22.3. The Bertz CT molecular complexity index is 902. The Balaban J connectivity index is 1.68. The molecule has 0 bridgehead atoms. The molecule has 4 atom stereocenters. The van der Waals surface area contributed by atoms with Crippen LogP contribution in [0.4, 0.5) is 0 Å². The Labute approximate surface area is 187 Å². The van der Waals surface area contributed by atoms with Crippen LogP contribution in [0.25, 0.3) is 0 Å². The molecule has 0 amide bonds. The summed E-state index contributed by atoms with van der Waals surface area (Å²) in [5, 5.41) is 0. The summed E-state index contributed by atoms with van der Waals surface area (Å²) >= 11 is 0. The lowest BCUT2D eigenvalue weighted by Gasteiger charge is -2.47. The van der Waals surface area contributed by atoms with Gasteiger partial charge in [0.25, 0.3) is 0 Å². The van der Waals surface area contributed by atoms with Crippen LogP contribution in [0.3, 0.4) is 0 Å². The third-order valence-electron chi connectivity index (χ3n) is 7.96. The lowest BCUT2D eigenvalue weighted by atomic mass is 9.55. The van der Waals surface area contributed by atoms with Gasteiger partial charge in [-0.15, -0.1) is 0 Å². The van der Waals surface area contributed by atoms with Gasteiger partial charge in [0.2, 0.25) is 0 Å². The van der Waals surface area contributed by atoms with E-state index in [1.807, 2.05) is 6.08 Å². The number of ether oxygens (including phenoxy) is 1. The average Bonchev–Trinajstić information content (AvgIpc) is 2.89. The molecule has 4 nitrogen and oxygen atoms in total. The second kappa shape index (κ2) is 8.46. The zero-order valence-corrected chi connectivity index (χ0v) is 19.8. The molecule has 0 aromatic rings. The number of Topliss-reactive ketones (excluding diaryl/α,β-unsaturated/α-hetero) is 1. The molecule has 0 radical (unpaired) electrons. The van der Waals surface area contributed by atoms with E-state index in [1.54, 1.807) is 0 Å². The van der Waals surface area contributed by atoms with E-state index in [0.717, 1.165) is 49.4 Å². The van der Waals surface area contributed by atoms with Gasteiger partial charge in [-0.3, -0.25) is 4.79 Å². The van der Waals surface area contributed by atoms with Crippen molar-refractivity contribution < 1.29 is 9.53 Å². The highest BCUT2D eigenvalue weighted by Crippen LogP contribution is 2.56. The zero-order valence-electron chi connectivity index (χ0n) is 19.8. The number of hydrogen-bond donors (Lipinski definition) is 1. The molecule has 4 rings (SSSR count). The number of fused-ring (bicyclic) bond motifs is 3. The van der Waals surface area contributed by atoms with Crippen molar-refractivity contribution in [2.75, 3.05) is 26.7 Å². The summed E-state index contributed by atoms with van der Waals surface area (Å²) in [6.07, 6.45) is 13.5. The van der Waals surface area contributed by atoms with Crippen molar-refractivity contribution in [3.8, 4) is 0 Å². The quantitative estimate of drug-likeness (QED) is 0.694. The van der Waals surface area contributed by atoms with E-state index in [2.05, 4.69) is 63.9 Å². The molecule has 4 aliphatic rings. The molecule has 4 heteroatoms. The Hall–Kier alpha value is -2.07. The van der Waals surface area contributed by atoms with Crippen LogP contribution < -0.4 is 5.73 Å². The minimum absolute atomic E-state index is 0.0882. The van der Waals surface area contributed by atoms with Crippen LogP contribution in [0.1, 0.15) is 47.0 Å². The Morgan fingerprint density at radius 1 is 1.32 bits per heavy atom. The van der Waals surface area contributed by atoms with Gasteiger partial charge in [0, 0.05) is 35.6 Å². The molecule has 168 valence electrons. The highest BCUT2D eigenvalue weighted by molar-refractivity contribution is 6.02. The van der Waals surface area contributed by atoms with E-state index in [9.17, 15) is 4.79 Å². The Morgan fingerprint density at radius 3 is 2.84 bits per heavy atom. The molecule has 4 aliphatic carbocycles. The number of carbonyl (C=O) groups excluding carboxylic acids is 1. The molecule has 0 saturated carbocycles. The summed E-state index contributed by atoms with van der Waals surface area (Å²) in [5.41, 5.74) is 10.7. The van der Waals surface area contributed by atoms with Crippen molar-refractivity contribution in [2.24, 2.45) is 34.8 Å². The predicted molar refractivity (Wildman–Crippen MR) is 126 cm³/mol. The topological polar surface area (TPSA) is 55.6 Å². The largest absolute Gasteiger partial charge is 0.493 e. The Morgan fingerprint density at radius 2 is 2.10 bits per heavy atom. The normalized spacial score (nSPS) is 31.8. The van der Waals surface area contributed by atoms with Crippen molar-refractivity contribution in [2.45, 2.75) is 47.0 Å². The number of nitrogens with two attached hydrogens (primary N) is 1. The number of ketones is 1. The van der Waals surface area contributed by atoms with Crippen molar-refractivity contribution in [1.82, 2.24) is 4.90 Å². The standard InChI is InChI=1S/C27H38N2O2/c1-6-29(5)13-14-31-20-10-12-22-23(16-20)27(3,4)25-17(2)7-8-18-15-19(28)9-11-21(18)24(25)26(22)30/h9-10,12,15-17,21-23H,6-8,11,13-14,28H2,1-5H3. The second-order valence-corrected chi connectivity index (χ2v) is 10.3. The first-order valence-electron chi connectivity index (χ1n) is 11.9. The van der Waals surface area contributed by atoms with Crippen molar-refractivity contribution >= 4 is 5.78 Å². The molecule has 0 saturated heterocycles. The molecule has 0 aliphatic heterocycles. The third kappa shape index (κ3) is 3.95. The summed E-state index contributed by atoms with van der Waals surface area (Å²) < 4.78 is 6.09. The van der Waals surface area contributed by atoms with Crippen LogP contribution in [0, 0.1) is 29.1 Å². The van der Waals surface area contributed by atoms with Gasteiger partial charge < -0.3 is 15.4 Å². The SMILES string of the molecule is CCN(C)CCOC1=CC2C(C=C1)C(=O)C1=C(C(C)CCC3=CC(N)=CCC31)C2(C)C. The van der Waals surface area contributed by atoms with Gasteiger partial charge in [-0.2, -0.15) is 0 Å². The van der Waals surface area contributed by atoms with E-state index >= 15 is 0 Å². The number of nitrogens with zero attached hydrogens (tertiary/aromatic N) is 1. The predicted octanol–water partition coefficient (Wildman–Crippen LogP) is 4.77. The van der Waals surface area contributed by atoms with E-state index in [4.69, 9.17) is 10.5 Å². The average molecular weight is 423 g/mol. The lowest BCUT2D eigenvalue weighted by molar-refractivity contribution is -0.121. The number of allylic oxidation sites excluding steroid dienone is 8. The Kier molecular flexibility index (Phi) is 6.04. The molecule has 0 spiro atoms. The number of carbonyl (C=O) groups is 1. The maximum absolute atomic E-state index is 13.9. The first-order valence-corrected chi connectivity index (χ1v) is 11.9.